The van der Waals surface area contributed by atoms with Crippen LogP contribution in [0.1, 0.15) is 48.2 Å². The molecule has 7 nitrogen and oxygen atoms in total. The standard InChI is InChI=1S/C23H29FN2O5S2/c1-3-26(4-2)13-14-32(29)20-15-17(24)10-12-21(20)33(30,31)25-19-11-9-16-7-5-6-8-18(16)22(19)23(27)28/h9-12,15,25H,3-8,13-14H2,1-2H3,(H,27,28). The smallest absolute Gasteiger partial charge is 0.338 e. The first kappa shape index (κ1) is 25.3. The van der Waals surface area contributed by atoms with Gasteiger partial charge in [-0.1, -0.05) is 19.9 Å². The SMILES string of the molecule is CCN(CC)CCS(=O)c1cc(F)ccc1S(=O)(=O)Nc1ccc2c(c1C(=O)O)CCCC2. The summed E-state index contributed by atoms with van der Waals surface area (Å²) in [6.45, 7) is 5.90. The summed E-state index contributed by atoms with van der Waals surface area (Å²) in [5.74, 6) is -1.76. The summed E-state index contributed by atoms with van der Waals surface area (Å²) in [5.41, 5.74) is 1.42. The number of carboxylic acid groups (broad SMARTS) is 1. The van der Waals surface area contributed by atoms with Crippen molar-refractivity contribution in [2.24, 2.45) is 0 Å². The van der Waals surface area contributed by atoms with E-state index in [1.54, 1.807) is 6.07 Å². The number of aromatic carboxylic acids is 1. The third-order valence-corrected chi connectivity index (χ3v) is 8.85. The van der Waals surface area contributed by atoms with E-state index in [1.165, 1.54) is 6.07 Å². The van der Waals surface area contributed by atoms with Crippen LogP contribution in [-0.4, -0.2) is 54.0 Å². The number of benzene rings is 2. The summed E-state index contributed by atoms with van der Waals surface area (Å²) in [6.07, 6.45) is 3.09. The third-order valence-electron chi connectivity index (χ3n) is 5.92. The number of aryl methyl sites for hydroxylation is 1. The van der Waals surface area contributed by atoms with Gasteiger partial charge in [0.05, 0.1) is 26.9 Å². The number of carboxylic acids is 1. The fraction of sp³-hybridized carbons (Fsp3) is 0.435. The van der Waals surface area contributed by atoms with Gasteiger partial charge in [-0.3, -0.25) is 8.93 Å². The van der Waals surface area contributed by atoms with E-state index in [1.807, 2.05) is 18.7 Å². The second kappa shape index (κ2) is 10.8. The molecule has 1 unspecified atom stereocenters. The molecule has 1 aliphatic rings. The van der Waals surface area contributed by atoms with E-state index >= 15 is 0 Å². The van der Waals surface area contributed by atoms with E-state index in [-0.39, 0.29) is 26.8 Å². The molecule has 0 saturated heterocycles. The van der Waals surface area contributed by atoms with Crippen molar-refractivity contribution in [3.05, 3.63) is 52.8 Å². The summed E-state index contributed by atoms with van der Waals surface area (Å²) < 4.78 is 55.8. The van der Waals surface area contributed by atoms with Gasteiger partial charge in [-0.05, 0) is 74.2 Å². The van der Waals surface area contributed by atoms with E-state index in [4.69, 9.17) is 0 Å². The van der Waals surface area contributed by atoms with Crippen molar-refractivity contribution in [1.82, 2.24) is 4.90 Å². The Morgan fingerprint density at radius 3 is 2.52 bits per heavy atom. The second-order valence-corrected chi connectivity index (χ2v) is 11.1. The van der Waals surface area contributed by atoms with Crippen molar-refractivity contribution in [3.8, 4) is 0 Å². The number of fused-ring (bicyclic) bond motifs is 1. The summed E-state index contributed by atoms with van der Waals surface area (Å²) in [7, 11) is -6.09. The van der Waals surface area contributed by atoms with Crippen molar-refractivity contribution in [1.29, 1.82) is 0 Å². The Kier molecular flexibility index (Phi) is 8.25. The maximum atomic E-state index is 14.0. The van der Waals surface area contributed by atoms with E-state index in [9.17, 15) is 26.9 Å². The van der Waals surface area contributed by atoms with Gasteiger partial charge in [0.1, 0.15) is 10.7 Å². The molecule has 180 valence electrons. The zero-order valence-electron chi connectivity index (χ0n) is 18.8. The van der Waals surface area contributed by atoms with Crippen molar-refractivity contribution < 1.29 is 26.9 Å². The molecular weight excluding hydrogens is 467 g/mol. The summed E-state index contributed by atoms with van der Waals surface area (Å²) in [4.78, 5) is 13.6. The molecule has 0 saturated carbocycles. The number of nitrogens with one attached hydrogen (secondary N) is 1. The highest BCUT2D eigenvalue weighted by atomic mass is 32.2. The highest BCUT2D eigenvalue weighted by Crippen LogP contribution is 2.32. The lowest BCUT2D eigenvalue weighted by Gasteiger charge is -2.21. The van der Waals surface area contributed by atoms with Gasteiger partial charge in [-0.25, -0.2) is 17.6 Å². The molecule has 0 heterocycles. The minimum atomic E-state index is -4.32. The Morgan fingerprint density at radius 2 is 1.85 bits per heavy atom. The normalized spacial score (nSPS) is 14.7. The molecule has 2 N–H and O–H groups in total. The zero-order chi connectivity index (χ0) is 24.2. The van der Waals surface area contributed by atoms with E-state index in [0.717, 1.165) is 56.1 Å². The van der Waals surface area contributed by atoms with Crippen LogP contribution in [0.5, 0.6) is 0 Å². The zero-order valence-corrected chi connectivity index (χ0v) is 20.4. The largest absolute Gasteiger partial charge is 0.478 e. The van der Waals surface area contributed by atoms with Crippen LogP contribution < -0.4 is 4.72 Å². The molecule has 0 aliphatic heterocycles. The summed E-state index contributed by atoms with van der Waals surface area (Å²) in [6, 6.07) is 6.22. The van der Waals surface area contributed by atoms with Crippen LogP contribution in [0.4, 0.5) is 10.1 Å². The lowest BCUT2D eigenvalue weighted by atomic mass is 9.87. The Morgan fingerprint density at radius 1 is 1.15 bits per heavy atom. The minimum Gasteiger partial charge on any atom is -0.478 e. The fourth-order valence-electron chi connectivity index (χ4n) is 4.10. The molecule has 3 rings (SSSR count). The van der Waals surface area contributed by atoms with Crippen LogP contribution in [0.15, 0.2) is 40.1 Å². The number of carbonyl (C=O) groups is 1. The minimum absolute atomic E-state index is 0.0488. The van der Waals surface area contributed by atoms with Crippen LogP contribution >= 0.6 is 0 Å². The van der Waals surface area contributed by atoms with E-state index in [2.05, 4.69) is 4.72 Å². The highest BCUT2D eigenvalue weighted by Gasteiger charge is 2.27. The van der Waals surface area contributed by atoms with Crippen LogP contribution in [0, 0.1) is 5.82 Å². The van der Waals surface area contributed by atoms with Gasteiger partial charge in [0.25, 0.3) is 10.0 Å². The molecule has 1 aliphatic carbocycles. The van der Waals surface area contributed by atoms with Gasteiger partial charge in [0.2, 0.25) is 0 Å². The molecule has 10 heteroatoms. The average Bonchev–Trinajstić information content (AvgIpc) is 2.78. The molecule has 0 spiro atoms. The fourth-order valence-corrected chi connectivity index (χ4v) is 7.03. The quantitative estimate of drug-likeness (QED) is 0.520. The molecule has 0 aromatic heterocycles. The van der Waals surface area contributed by atoms with Gasteiger partial charge in [0.15, 0.2) is 0 Å². The molecule has 0 radical (unpaired) electrons. The molecule has 2 aromatic rings. The summed E-state index contributed by atoms with van der Waals surface area (Å²) >= 11 is 0. The molecular formula is C23H29FN2O5S2. The number of hydrogen-bond acceptors (Lipinski definition) is 5. The van der Waals surface area contributed by atoms with E-state index < -0.39 is 32.6 Å². The Balaban J connectivity index is 1.97. The second-order valence-electron chi connectivity index (χ2n) is 7.91. The van der Waals surface area contributed by atoms with Crippen LogP contribution in [0.3, 0.4) is 0 Å². The van der Waals surface area contributed by atoms with Gasteiger partial charge in [-0.2, -0.15) is 0 Å². The predicted octanol–water partition coefficient (Wildman–Crippen LogP) is 3.65. The molecule has 0 fully saturated rings. The maximum Gasteiger partial charge on any atom is 0.338 e. The first-order valence-corrected chi connectivity index (χ1v) is 13.8. The lowest BCUT2D eigenvalue weighted by Crippen LogP contribution is -2.28. The van der Waals surface area contributed by atoms with E-state index in [0.29, 0.717) is 18.5 Å². The number of hydrogen-bond donors (Lipinski definition) is 2. The topological polar surface area (TPSA) is 104 Å². The molecule has 0 amide bonds. The van der Waals surface area contributed by atoms with Crippen LogP contribution in [0.25, 0.3) is 0 Å². The predicted molar refractivity (Wildman–Crippen MR) is 126 cm³/mol. The number of anilines is 1. The Hall–Kier alpha value is -2.30. The maximum absolute atomic E-state index is 14.0. The van der Waals surface area contributed by atoms with Crippen LogP contribution in [0.2, 0.25) is 0 Å². The number of sulfonamides is 1. The van der Waals surface area contributed by atoms with Gasteiger partial charge >= 0.3 is 5.97 Å². The highest BCUT2D eigenvalue weighted by molar-refractivity contribution is 7.93. The molecule has 2 aromatic carbocycles. The molecule has 1 atom stereocenters. The number of halogens is 1. The lowest BCUT2D eigenvalue weighted by molar-refractivity contribution is 0.0696. The van der Waals surface area contributed by atoms with Gasteiger partial charge in [-0.15, -0.1) is 0 Å². The first-order valence-electron chi connectivity index (χ1n) is 11.0. The first-order chi connectivity index (χ1) is 15.7. The number of nitrogens with zero attached hydrogens (tertiary/aromatic N) is 1. The monoisotopic (exact) mass is 496 g/mol. The van der Waals surface area contributed by atoms with Gasteiger partial charge < -0.3 is 10.0 Å². The third kappa shape index (κ3) is 5.80. The van der Waals surface area contributed by atoms with Crippen molar-refractivity contribution in [3.63, 3.8) is 0 Å². The van der Waals surface area contributed by atoms with Crippen molar-refractivity contribution in [2.45, 2.75) is 49.3 Å². The summed E-state index contributed by atoms with van der Waals surface area (Å²) in [5, 5.41) is 9.80. The Bertz CT molecular complexity index is 1160. The number of rotatable bonds is 10. The molecule has 0 bridgehead atoms. The van der Waals surface area contributed by atoms with Gasteiger partial charge in [0, 0.05) is 12.3 Å². The van der Waals surface area contributed by atoms with Crippen molar-refractivity contribution >= 4 is 32.5 Å². The molecule has 33 heavy (non-hydrogen) atoms. The van der Waals surface area contributed by atoms with Crippen LogP contribution in [-0.2, 0) is 33.7 Å². The Labute approximate surface area is 196 Å². The van der Waals surface area contributed by atoms with Crippen molar-refractivity contribution in [2.75, 3.05) is 30.1 Å². The average molecular weight is 497 g/mol.